The lowest BCUT2D eigenvalue weighted by molar-refractivity contribution is 0.0906. The van der Waals surface area contributed by atoms with Gasteiger partial charge in [0.1, 0.15) is 18.1 Å². The molecule has 5 aromatic rings. The molecule has 0 spiro atoms. The number of imidazole rings is 1. The van der Waals surface area contributed by atoms with Gasteiger partial charge in [-0.3, -0.25) is 4.57 Å². The summed E-state index contributed by atoms with van der Waals surface area (Å²) in [5.74, 6) is 0.617. The van der Waals surface area contributed by atoms with Gasteiger partial charge in [-0.15, -0.1) is 0 Å². The Labute approximate surface area is 198 Å². The number of hydrogen-bond acceptors (Lipinski definition) is 5. The Morgan fingerprint density at radius 2 is 1.74 bits per heavy atom. The second-order valence-corrected chi connectivity index (χ2v) is 15.3. The Hall–Kier alpha value is -3.49. The fraction of sp³-hybridized carbons (Fsp3) is 0.231. The van der Waals surface area contributed by atoms with E-state index in [2.05, 4.69) is 24.6 Å². The summed E-state index contributed by atoms with van der Waals surface area (Å²) in [6.45, 7) is 8.09. The predicted octanol–water partition coefficient (Wildman–Crippen LogP) is 6.55. The van der Waals surface area contributed by atoms with Gasteiger partial charge in [0.15, 0.2) is 11.4 Å². The first-order chi connectivity index (χ1) is 16.3. The second-order valence-electron chi connectivity index (χ2n) is 9.64. The molecule has 0 radical (unpaired) electrons. The minimum atomic E-state index is -1.18. The number of nitrogen functional groups attached to an aromatic ring is 1. The Morgan fingerprint density at radius 1 is 0.971 bits per heavy atom. The van der Waals surface area contributed by atoms with Crippen LogP contribution in [-0.4, -0.2) is 29.2 Å². The van der Waals surface area contributed by atoms with Crippen molar-refractivity contribution in [3.05, 3.63) is 66.5 Å². The van der Waals surface area contributed by atoms with E-state index in [4.69, 9.17) is 19.9 Å². The fourth-order valence-corrected chi connectivity index (χ4v) is 4.58. The quantitative estimate of drug-likeness (QED) is 0.164. The van der Waals surface area contributed by atoms with Crippen molar-refractivity contribution in [2.24, 2.45) is 0 Å². The van der Waals surface area contributed by atoms with Gasteiger partial charge in [0, 0.05) is 14.7 Å². The van der Waals surface area contributed by atoms with Crippen molar-refractivity contribution in [3.8, 4) is 22.8 Å². The van der Waals surface area contributed by atoms with Crippen LogP contribution in [0.25, 0.3) is 45.0 Å². The zero-order chi connectivity index (χ0) is 23.9. The highest BCUT2D eigenvalue weighted by atomic mass is 28.3. The van der Waals surface area contributed by atoms with Crippen molar-refractivity contribution in [3.63, 3.8) is 0 Å². The Bertz CT molecular complexity index is 1490. The van der Waals surface area contributed by atoms with E-state index in [9.17, 15) is 4.39 Å². The number of halogens is 1. The van der Waals surface area contributed by atoms with Gasteiger partial charge in [-0.2, -0.15) is 0 Å². The Morgan fingerprint density at radius 3 is 2.53 bits per heavy atom. The maximum atomic E-state index is 13.6. The van der Waals surface area contributed by atoms with Crippen molar-refractivity contribution in [1.29, 1.82) is 0 Å². The van der Waals surface area contributed by atoms with Crippen LogP contribution in [0.15, 0.2) is 65.1 Å². The van der Waals surface area contributed by atoms with Gasteiger partial charge in [0.2, 0.25) is 0 Å². The smallest absolute Gasteiger partial charge is 0.264 e. The average molecular weight is 475 g/mol. The van der Waals surface area contributed by atoms with Gasteiger partial charge in [-0.25, -0.2) is 14.4 Å². The van der Waals surface area contributed by atoms with Crippen molar-refractivity contribution >= 4 is 35.9 Å². The summed E-state index contributed by atoms with van der Waals surface area (Å²) in [6.07, 6.45) is 0. The number of nitrogens with zero attached hydrogens (tertiary/aromatic N) is 3. The van der Waals surface area contributed by atoms with E-state index >= 15 is 0 Å². The van der Waals surface area contributed by atoms with E-state index in [1.54, 1.807) is 12.1 Å². The molecule has 0 saturated heterocycles. The highest BCUT2D eigenvalue weighted by Gasteiger charge is 2.19. The standard InChI is InChI=1S/C26H27FN4O2Si/c1-34(2,3)13-12-32-16-31-23-7-5-4-6-21(23)29-25(31)26-30-22-11-9-18(15-24(22)33-26)17-8-10-19(27)20(28)14-17/h4-11,14-15H,12-13,16,28H2,1-3H3. The highest BCUT2D eigenvalue weighted by Crippen LogP contribution is 2.31. The average Bonchev–Trinajstić information content (AvgIpc) is 3.38. The molecule has 2 N–H and O–H groups in total. The molecule has 0 saturated carbocycles. The molecule has 0 aliphatic rings. The molecule has 0 aliphatic heterocycles. The normalized spacial score (nSPS) is 12.1. The van der Waals surface area contributed by atoms with Crippen LogP contribution >= 0.6 is 0 Å². The molecule has 3 aromatic carbocycles. The molecule has 174 valence electrons. The summed E-state index contributed by atoms with van der Waals surface area (Å²) < 4.78 is 27.8. The van der Waals surface area contributed by atoms with Gasteiger partial charge in [0.05, 0.1) is 16.7 Å². The van der Waals surface area contributed by atoms with Crippen molar-refractivity contribution in [2.75, 3.05) is 12.3 Å². The van der Waals surface area contributed by atoms with Crippen LogP contribution < -0.4 is 5.73 Å². The lowest BCUT2D eigenvalue weighted by Gasteiger charge is -2.16. The SMILES string of the molecule is C[Si](C)(C)CCOCn1c(-c2nc3ccc(-c4ccc(F)c(N)c4)cc3o2)nc2ccccc21. The Balaban J connectivity index is 1.50. The molecule has 8 heteroatoms. The van der Waals surface area contributed by atoms with E-state index in [-0.39, 0.29) is 5.69 Å². The van der Waals surface area contributed by atoms with Crippen LogP contribution in [0.5, 0.6) is 0 Å². The Kier molecular flexibility index (Phi) is 5.71. The molecule has 0 atom stereocenters. The van der Waals surface area contributed by atoms with Gasteiger partial charge in [-0.05, 0) is 53.6 Å². The number of anilines is 1. The lowest BCUT2D eigenvalue weighted by atomic mass is 10.0. The topological polar surface area (TPSA) is 79.1 Å². The van der Waals surface area contributed by atoms with Gasteiger partial charge < -0.3 is 14.9 Å². The van der Waals surface area contributed by atoms with Crippen molar-refractivity contribution in [2.45, 2.75) is 32.4 Å². The number of rotatable bonds is 7. The minimum absolute atomic E-state index is 0.110. The summed E-state index contributed by atoms with van der Waals surface area (Å²) in [7, 11) is -1.18. The summed E-state index contributed by atoms with van der Waals surface area (Å²) >= 11 is 0. The number of ether oxygens (including phenoxy) is 1. The van der Waals surface area contributed by atoms with E-state index in [0.29, 0.717) is 36.2 Å². The van der Waals surface area contributed by atoms with Crippen LogP contribution in [0.3, 0.4) is 0 Å². The van der Waals surface area contributed by atoms with Crippen LogP contribution in [-0.2, 0) is 11.5 Å². The number of fused-ring (bicyclic) bond motifs is 2. The zero-order valence-electron chi connectivity index (χ0n) is 19.5. The third kappa shape index (κ3) is 4.46. The maximum Gasteiger partial charge on any atom is 0.264 e. The van der Waals surface area contributed by atoms with Crippen LogP contribution in [0.2, 0.25) is 25.7 Å². The summed E-state index contributed by atoms with van der Waals surface area (Å²) in [5, 5.41) is 0. The number of nitrogens with two attached hydrogens (primary N) is 1. The second kappa shape index (κ2) is 8.70. The minimum Gasteiger partial charge on any atom is -0.434 e. The van der Waals surface area contributed by atoms with Crippen LogP contribution in [0.4, 0.5) is 10.1 Å². The first-order valence-corrected chi connectivity index (χ1v) is 15.0. The molecule has 2 aromatic heterocycles. The third-order valence-electron chi connectivity index (χ3n) is 5.78. The summed E-state index contributed by atoms with van der Waals surface area (Å²) in [4.78, 5) is 9.47. The maximum absolute atomic E-state index is 13.6. The van der Waals surface area contributed by atoms with Gasteiger partial charge in [0.25, 0.3) is 5.89 Å². The third-order valence-corrected chi connectivity index (χ3v) is 7.48. The first-order valence-electron chi connectivity index (χ1n) is 11.3. The molecular formula is C26H27FN4O2Si. The largest absolute Gasteiger partial charge is 0.434 e. The number of benzene rings is 3. The molecule has 0 aliphatic carbocycles. The molecule has 2 heterocycles. The van der Waals surface area contributed by atoms with Gasteiger partial charge in [-0.1, -0.05) is 43.9 Å². The highest BCUT2D eigenvalue weighted by molar-refractivity contribution is 6.76. The van der Waals surface area contributed by atoms with Gasteiger partial charge >= 0.3 is 0 Å². The summed E-state index contributed by atoms with van der Waals surface area (Å²) in [6, 6.07) is 19.4. The molecule has 0 amide bonds. The van der Waals surface area contributed by atoms with Crippen molar-refractivity contribution in [1.82, 2.24) is 14.5 Å². The monoisotopic (exact) mass is 474 g/mol. The molecule has 0 bridgehead atoms. The molecule has 0 unspecified atom stereocenters. The van der Waals surface area contributed by atoms with E-state index in [0.717, 1.165) is 28.2 Å². The predicted molar refractivity (Wildman–Crippen MR) is 137 cm³/mol. The van der Waals surface area contributed by atoms with Crippen molar-refractivity contribution < 1.29 is 13.5 Å². The van der Waals surface area contributed by atoms with Crippen LogP contribution in [0.1, 0.15) is 0 Å². The molecule has 5 rings (SSSR count). The number of oxazole rings is 1. The first kappa shape index (κ1) is 22.3. The van der Waals surface area contributed by atoms with E-state index < -0.39 is 13.9 Å². The molecular weight excluding hydrogens is 447 g/mol. The van der Waals surface area contributed by atoms with E-state index in [1.165, 1.54) is 6.07 Å². The molecule has 6 nitrogen and oxygen atoms in total. The van der Waals surface area contributed by atoms with Crippen LogP contribution in [0, 0.1) is 5.82 Å². The molecule has 0 fully saturated rings. The summed E-state index contributed by atoms with van der Waals surface area (Å²) in [5.41, 5.74) is 10.7. The zero-order valence-corrected chi connectivity index (χ0v) is 20.5. The molecule has 34 heavy (non-hydrogen) atoms. The number of para-hydroxylation sites is 2. The fourth-order valence-electron chi connectivity index (χ4n) is 3.83. The number of hydrogen-bond donors (Lipinski definition) is 1. The number of aromatic nitrogens is 3. The lowest BCUT2D eigenvalue weighted by Crippen LogP contribution is -2.22. The van der Waals surface area contributed by atoms with E-state index in [1.807, 2.05) is 47.0 Å².